The van der Waals surface area contributed by atoms with Crippen LogP contribution in [0.2, 0.25) is 5.02 Å². The standard InChI is InChI=1S/C13H19ClN2O3S/c1-3-4-8-16(2)13(17)10-15-20(18,19)12-7-5-6-11(14)9-12/h5-7,9,15H,3-4,8,10H2,1-2H3. The third-order valence-corrected chi connectivity index (χ3v) is 4.43. The zero-order valence-electron chi connectivity index (χ0n) is 11.6. The van der Waals surface area contributed by atoms with Crippen LogP contribution >= 0.6 is 11.6 Å². The van der Waals surface area contributed by atoms with Crippen LogP contribution in [0.25, 0.3) is 0 Å². The van der Waals surface area contributed by atoms with Gasteiger partial charge in [0.2, 0.25) is 15.9 Å². The Hall–Kier alpha value is -1.11. The van der Waals surface area contributed by atoms with Gasteiger partial charge in [0.1, 0.15) is 0 Å². The molecule has 0 aliphatic carbocycles. The first-order valence-corrected chi connectivity index (χ1v) is 8.22. The molecule has 0 heterocycles. The average molecular weight is 319 g/mol. The van der Waals surface area contributed by atoms with E-state index in [-0.39, 0.29) is 17.3 Å². The molecule has 1 aromatic carbocycles. The number of amides is 1. The second-order valence-corrected chi connectivity index (χ2v) is 6.65. The van der Waals surface area contributed by atoms with Gasteiger partial charge in [0.25, 0.3) is 0 Å². The van der Waals surface area contributed by atoms with E-state index >= 15 is 0 Å². The van der Waals surface area contributed by atoms with Crippen LogP contribution in [0.3, 0.4) is 0 Å². The molecule has 1 amide bonds. The third-order valence-electron chi connectivity index (χ3n) is 2.79. The molecule has 7 heteroatoms. The number of halogens is 1. The van der Waals surface area contributed by atoms with E-state index in [0.717, 1.165) is 12.8 Å². The number of carbonyl (C=O) groups excluding carboxylic acids is 1. The van der Waals surface area contributed by atoms with Gasteiger partial charge in [0.15, 0.2) is 0 Å². The molecule has 112 valence electrons. The molecule has 0 spiro atoms. The Kier molecular flexibility index (Phi) is 6.45. The molecule has 0 atom stereocenters. The summed E-state index contributed by atoms with van der Waals surface area (Å²) in [7, 11) is -2.06. The van der Waals surface area contributed by atoms with Gasteiger partial charge in [-0.1, -0.05) is 31.0 Å². The predicted octanol–water partition coefficient (Wildman–Crippen LogP) is 1.88. The van der Waals surface area contributed by atoms with Crippen LogP contribution in [0, 0.1) is 0 Å². The van der Waals surface area contributed by atoms with Gasteiger partial charge in [-0.3, -0.25) is 4.79 Å². The van der Waals surface area contributed by atoms with Gasteiger partial charge in [-0.2, -0.15) is 0 Å². The van der Waals surface area contributed by atoms with Crippen molar-refractivity contribution in [2.24, 2.45) is 0 Å². The Morgan fingerprint density at radius 3 is 2.70 bits per heavy atom. The summed E-state index contributed by atoms with van der Waals surface area (Å²) in [6, 6.07) is 5.91. The number of rotatable bonds is 7. The number of carbonyl (C=O) groups is 1. The van der Waals surface area contributed by atoms with Gasteiger partial charge < -0.3 is 4.90 Å². The number of nitrogens with one attached hydrogen (secondary N) is 1. The lowest BCUT2D eigenvalue weighted by molar-refractivity contribution is -0.128. The summed E-state index contributed by atoms with van der Waals surface area (Å²) < 4.78 is 26.3. The number of hydrogen-bond acceptors (Lipinski definition) is 3. The van der Waals surface area contributed by atoms with Crippen molar-refractivity contribution in [3.63, 3.8) is 0 Å². The molecule has 1 N–H and O–H groups in total. The van der Waals surface area contributed by atoms with Crippen LogP contribution in [0.15, 0.2) is 29.2 Å². The van der Waals surface area contributed by atoms with E-state index in [1.54, 1.807) is 19.2 Å². The summed E-state index contributed by atoms with van der Waals surface area (Å²) >= 11 is 5.75. The molecule has 0 aromatic heterocycles. The normalized spacial score (nSPS) is 11.3. The quantitative estimate of drug-likeness (QED) is 0.834. The predicted molar refractivity (Wildman–Crippen MR) is 79.2 cm³/mol. The van der Waals surface area contributed by atoms with Crippen molar-refractivity contribution in [3.8, 4) is 0 Å². The van der Waals surface area contributed by atoms with Crippen LogP contribution in [-0.4, -0.2) is 39.4 Å². The molecule has 0 aliphatic rings. The van der Waals surface area contributed by atoms with E-state index in [1.807, 2.05) is 6.92 Å². The first kappa shape index (κ1) is 16.9. The van der Waals surface area contributed by atoms with Crippen molar-refractivity contribution in [2.45, 2.75) is 24.7 Å². The van der Waals surface area contributed by atoms with Crippen molar-refractivity contribution in [1.82, 2.24) is 9.62 Å². The minimum absolute atomic E-state index is 0.0500. The molecule has 1 aromatic rings. The zero-order chi connectivity index (χ0) is 15.2. The highest BCUT2D eigenvalue weighted by atomic mass is 35.5. The summed E-state index contributed by atoms with van der Waals surface area (Å²) in [4.78, 5) is 13.3. The minimum atomic E-state index is -3.71. The number of unbranched alkanes of at least 4 members (excludes halogenated alkanes) is 1. The highest BCUT2D eigenvalue weighted by Crippen LogP contribution is 2.14. The van der Waals surface area contributed by atoms with Crippen molar-refractivity contribution >= 4 is 27.5 Å². The lowest BCUT2D eigenvalue weighted by Gasteiger charge is -2.17. The Labute approximate surface area is 125 Å². The van der Waals surface area contributed by atoms with Crippen molar-refractivity contribution < 1.29 is 13.2 Å². The largest absolute Gasteiger partial charge is 0.345 e. The summed E-state index contributed by atoms with van der Waals surface area (Å²) in [5.41, 5.74) is 0. The molecule has 20 heavy (non-hydrogen) atoms. The first-order valence-electron chi connectivity index (χ1n) is 6.36. The van der Waals surface area contributed by atoms with Crippen LogP contribution < -0.4 is 4.72 Å². The fourth-order valence-corrected chi connectivity index (χ4v) is 2.80. The van der Waals surface area contributed by atoms with Gasteiger partial charge in [-0.25, -0.2) is 13.1 Å². The molecule has 0 radical (unpaired) electrons. The Morgan fingerprint density at radius 1 is 1.40 bits per heavy atom. The highest BCUT2D eigenvalue weighted by molar-refractivity contribution is 7.89. The van der Waals surface area contributed by atoms with E-state index in [4.69, 9.17) is 11.6 Å². The lowest BCUT2D eigenvalue weighted by atomic mass is 10.3. The minimum Gasteiger partial charge on any atom is -0.345 e. The number of nitrogens with zero attached hydrogens (tertiary/aromatic N) is 1. The number of sulfonamides is 1. The van der Waals surface area contributed by atoms with Crippen molar-refractivity contribution in [1.29, 1.82) is 0 Å². The van der Waals surface area contributed by atoms with E-state index in [9.17, 15) is 13.2 Å². The van der Waals surface area contributed by atoms with Gasteiger partial charge in [0, 0.05) is 18.6 Å². The molecule has 1 rings (SSSR count). The molecule has 0 saturated carbocycles. The molecular formula is C13H19ClN2O3S. The Balaban J connectivity index is 2.62. The monoisotopic (exact) mass is 318 g/mol. The highest BCUT2D eigenvalue weighted by Gasteiger charge is 2.17. The number of benzene rings is 1. The number of hydrogen-bond donors (Lipinski definition) is 1. The van der Waals surface area contributed by atoms with Gasteiger partial charge in [-0.15, -0.1) is 0 Å². The van der Waals surface area contributed by atoms with E-state index in [0.29, 0.717) is 11.6 Å². The van der Waals surface area contributed by atoms with Gasteiger partial charge in [0.05, 0.1) is 11.4 Å². The molecule has 5 nitrogen and oxygen atoms in total. The van der Waals surface area contributed by atoms with Gasteiger partial charge in [-0.05, 0) is 24.6 Å². The summed E-state index contributed by atoms with van der Waals surface area (Å²) in [5.74, 6) is -0.260. The molecule has 0 saturated heterocycles. The van der Waals surface area contributed by atoms with E-state index in [2.05, 4.69) is 4.72 Å². The fourth-order valence-electron chi connectivity index (χ4n) is 1.53. The van der Waals surface area contributed by atoms with Crippen molar-refractivity contribution in [2.75, 3.05) is 20.1 Å². The second-order valence-electron chi connectivity index (χ2n) is 4.45. The molecule has 0 aliphatic heterocycles. The molecular weight excluding hydrogens is 300 g/mol. The lowest BCUT2D eigenvalue weighted by Crippen LogP contribution is -2.38. The fraction of sp³-hybridized carbons (Fsp3) is 0.462. The van der Waals surface area contributed by atoms with Crippen LogP contribution in [0.1, 0.15) is 19.8 Å². The van der Waals surface area contributed by atoms with Gasteiger partial charge >= 0.3 is 0 Å². The Morgan fingerprint density at radius 2 is 2.10 bits per heavy atom. The maximum Gasteiger partial charge on any atom is 0.241 e. The molecule has 0 bridgehead atoms. The second kappa shape index (κ2) is 7.61. The van der Waals surface area contributed by atoms with Crippen LogP contribution in [-0.2, 0) is 14.8 Å². The summed E-state index contributed by atoms with van der Waals surface area (Å²) in [6.07, 6.45) is 1.87. The Bertz CT molecular complexity index is 560. The van der Waals surface area contributed by atoms with Crippen LogP contribution in [0.5, 0.6) is 0 Å². The number of likely N-dealkylation sites (N-methyl/N-ethyl adjacent to an activating group) is 1. The topological polar surface area (TPSA) is 66.5 Å². The smallest absolute Gasteiger partial charge is 0.241 e. The summed E-state index contributed by atoms with van der Waals surface area (Å²) in [6.45, 7) is 2.39. The third kappa shape index (κ3) is 5.11. The van der Waals surface area contributed by atoms with E-state index in [1.165, 1.54) is 17.0 Å². The SMILES string of the molecule is CCCCN(C)C(=O)CNS(=O)(=O)c1cccc(Cl)c1. The maximum absolute atomic E-state index is 12.0. The molecule has 0 fully saturated rings. The average Bonchev–Trinajstić information content (AvgIpc) is 2.42. The first-order chi connectivity index (χ1) is 9.36. The zero-order valence-corrected chi connectivity index (χ0v) is 13.2. The van der Waals surface area contributed by atoms with Crippen LogP contribution in [0.4, 0.5) is 0 Å². The van der Waals surface area contributed by atoms with Crippen molar-refractivity contribution in [3.05, 3.63) is 29.3 Å². The maximum atomic E-state index is 12.0. The summed E-state index contributed by atoms with van der Waals surface area (Å²) in [5, 5.41) is 0.333. The van der Waals surface area contributed by atoms with E-state index < -0.39 is 10.0 Å². The molecule has 0 unspecified atom stereocenters.